The Labute approximate surface area is 134 Å². The van der Waals surface area contributed by atoms with Crippen LogP contribution >= 0.6 is 0 Å². The van der Waals surface area contributed by atoms with Gasteiger partial charge in [-0.2, -0.15) is 0 Å². The van der Waals surface area contributed by atoms with Gasteiger partial charge in [-0.05, 0) is 25.0 Å². The van der Waals surface area contributed by atoms with Crippen LogP contribution in [0.25, 0.3) is 0 Å². The molecule has 122 valence electrons. The van der Waals surface area contributed by atoms with Crippen molar-refractivity contribution in [3.8, 4) is 0 Å². The Bertz CT molecular complexity index is 686. The number of nitrogens with one attached hydrogen (secondary N) is 1. The van der Waals surface area contributed by atoms with Crippen molar-refractivity contribution < 1.29 is 13.9 Å². The highest BCUT2D eigenvalue weighted by Crippen LogP contribution is 2.28. The smallest absolute Gasteiger partial charge is 0.224 e. The van der Waals surface area contributed by atoms with Crippen LogP contribution in [0.2, 0.25) is 0 Å². The van der Waals surface area contributed by atoms with Gasteiger partial charge in [0.1, 0.15) is 17.7 Å². The van der Waals surface area contributed by atoms with Gasteiger partial charge in [-0.15, -0.1) is 0 Å². The number of halogens is 1. The van der Waals surface area contributed by atoms with E-state index in [9.17, 15) is 9.18 Å². The second-order valence-electron chi connectivity index (χ2n) is 5.59. The summed E-state index contributed by atoms with van der Waals surface area (Å²) in [6.07, 6.45) is 4.13. The number of benzene rings is 1. The Hall–Kier alpha value is -2.21. The van der Waals surface area contributed by atoms with Gasteiger partial charge in [-0.1, -0.05) is 18.2 Å². The summed E-state index contributed by atoms with van der Waals surface area (Å²) in [4.78, 5) is 16.6. The average Bonchev–Trinajstić information content (AvgIpc) is 3.17. The molecular weight excluding hydrogens is 297 g/mol. The lowest BCUT2D eigenvalue weighted by Crippen LogP contribution is -2.38. The van der Waals surface area contributed by atoms with E-state index in [4.69, 9.17) is 4.74 Å². The molecule has 1 amide bonds. The van der Waals surface area contributed by atoms with Gasteiger partial charge in [0.2, 0.25) is 5.91 Å². The first-order valence-electron chi connectivity index (χ1n) is 7.84. The minimum absolute atomic E-state index is 0.0259. The van der Waals surface area contributed by atoms with E-state index in [2.05, 4.69) is 10.3 Å². The molecule has 6 heteroatoms. The van der Waals surface area contributed by atoms with Gasteiger partial charge < -0.3 is 14.6 Å². The van der Waals surface area contributed by atoms with Crippen molar-refractivity contribution in [2.24, 2.45) is 0 Å². The number of ether oxygens (including phenoxy) is 1. The van der Waals surface area contributed by atoms with E-state index in [0.717, 1.165) is 18.8 Å². The van der Waals surface area contributed by atoms with Gasteiger partial charge in [-0.3, -0.25) is 4.79 Å². The molecule has 1 aliphatic rings. The molecule has 1 aromatic carbocycles. The molecule has 0 spiro atoms. The first-order chi connectivity index (χ1) is 11.2. The molecule has 1 aromatic heterocycles. The Balaban J connectivity index is 1.67. The summed E-state index contributed by atoms with van der Waals surface area (Å²) in [5.41, 5.74) is 0.399. The zero-order valence-corrected chi connectivity index (χ0v) is 13.0. The Morgan fingerprint density at radius 2 is 2.30 bits per heavy atom. The van der Waals surface area contributed by atoms with Gasteiger partial charge in [0, 0.05) is 25.5 Å². The third-order valence-corrected chi connectivity index (χ3v) is 4.09. The molecule has 0 radical (unpaired) electrons. The molecule has 1 N–H and O–H groups in total. The normalized spacial score (nSPS) is 20.6. The van der Waals surface area contributed by atoms with E-state index in [1.165, 1.54) is 6.07 Å². The molecular formula is C17H20FN3O2. The SMILES string of the molecule is CCn1ccnc1[C@H]1OCC[C@@H]1NC(=O)Cc1ccccc1F. The molecule has 2 heterocycles. The van der Waals surface area contributed by atoms with Crippen LogP contribution in [0.5, 0.6) is 0 Å². The molecule has 0 bridgehead atoms. The van der Waals surface area contributed by atoms with Crippen LogP contribution in [0.4, 0.5) is 4.39 Å². The number of hydrogen-bond donors (Lipinski definition) is 1. The first kappa shape index (κ1) is 15.7. The van der Waals surface area contributed by atoms with Crippen LogP contribution < -0.4 is 5.32 Å². The number of imidazole rings is 1. The maximum atomic E-state index is 13.6. The summed E-state index contributed by atoms with van der Waals surface area (Å²) in [7, 11) is 0. The Morgan fingerprint density at radius 3 is 3.09 bits per heavy atom. The van der Waals surface area contributed by atoms with Crippen molar-refractivity contribution in [1.82, 2.24) is 14.9 Å². The quantitative estimate of drug-likeness (QED) is 0.920. The number of carbonyl (C=O) groups excluding carboxylic acids is 1. The molecule has 0 aliphatic carbocycles. The van der Waals surface area contributed by atoms with E-state index in [-0.39, 0.29) is 30.3 Å². The van der Waals surface area contributed by atoms with Crippen molar-refractivity contribution in [3.05, 3.63) is 53.9 Å². The van der Waals surface area contributed by atoms with Gasteiger partial charge in [0.05, 0.1) is 12.5 Å². The van der Waals surface area contributed by atoms with Crippen LogP contribution in [0, 0.1) is 5.82 Å². The fourth-order valence-electron chi connectivity index (χ4n) is 2.91. The molecule has 1 fully saturated rings. The average molecular weight is 317 g/mol. The lowest BCUT2D eigenvalue weighted by Gasteiger charge is -2.20. The number of aryl methyl sites for hydroxylation is 1. The zero-order valence-electron chi connectivity index (χ0n) is 13.0. The number of amides is 1. The summed E-state index contributed by atoms with van der Waals surface area (Å²) in [5.74, 6) is 0.259. The second-order valence-corrected chi connectivity index (χ2v) is 5.59. The largest absolute Gasteiger partial charge is 0.368 e. The van der Waals surface area contributed by atoms with E-state index >= 15 is 0 Å². The van der Waals surface area contributed by atoms with Crippen molar-refractivity contribution in [2.75, 3.05) is 6.61 Å². The molecule has 1 aliphatic heterocycles. The molecule has 2 aromatic rings. The minimum atomic E-state index is -0.358. The van der Waals surface area contributed by atoms with Gasteiger partial charge in [0.25, 0.3) is 0 Å². The predicted octanol–water partition coefficient (Wildman–Crippen LogP) is 2.23. The summed E-state index contributed by atoms with van der Waals surface area (Å²) in [6.45, 7) is 3.41. The summed E-state index contributed by atoms with van der Waals surface area (Å²) in [6, 6.07) is 6.19. The van der Waals surface area contributed by atoms with E-state index in [1.54, 1.807) is 24.4 Å². The molecule has 0 unspecified atom stereocenters. The maximum absolute atomic E-state index is 13.6. The fourth-order valence-corrected chi connectivity index (χ4v) is 2.91. The highest BCUT2D eigenvalue weighted by atomic mass is 19.1. The molecule has 0 saturated carbocycles. The molecule has 3 rings (SSSR count). The lowest BCUT2D eigenvalue weighted by molar-refractivity contribution is -0.121. The van der Waals surface area contributed by atoms with Gasteiger partial charge in [-0.25, -0.2) is 9.37 Å². The molecule has 2 atom stereocenters. The summed E-state index contributed by atoms with van der Waals surface area (Å²) < 4.78 is 21.4. The van der Waals surface area contributed by atoms with Crippen LogP contribution in [0.15, 0.2) is 36.7 Å². The second kappa shape index (κ2) is 6.91. The number of aromatic nitrogens is 2. The van der Waals surface area contributed by atoms with E-state index < -0.39 is 0 Å². The molecule has 5 nitrogen and oxygen atoms in total. The fraction of sp³-hybridized carbons (Fsp3) is 0.412. The topological polar surface area (TPSA) is 56.1 Å². The third kappa shape index (κ3) is 3.42. The van der Waals surface area contributed by atoms with Gasteiger partial charge in [0.15, 0.2) is 0 Å². The van der Waals surface area contributed by atoms with E-state index in [1.807, 2.05) is 17.7 Å². The summed E-state index contributed by atoms with van der Waals surface area (Å²) in [5, 5.41) is 2.96. The highest BCUT2D eigenvalue weighted by molar-refractivity contribution is 5.79. The Morgan fingerprint density at radius 1 is 1.48 bits per heavy atom. The van der Waals surface area contributed by atoms with Crippen molar-refractivity contribution >= 4 is 5.91 Å². The number of carbonyl (C=O) groups is 1. The lowest BCUT2D eigenvalue weighted by atomic mass is 10.1. The molecule has 1 saturated heterocycles. The monoisotopic (exact) mass is 317 g/mol. The van der Waals surface area contributed by atoms with Gasteiger partial charge >= 0.3 is 0 Å². The minimum Gasteiger partial charge on any atom is -0.368 e. The third-order valence-electron chi connectivity index (χ3n) is 4.09. The van der Waals surface area contributed by atoms with Crippen LogP contribution in [-0.2, 0) is 22.5 Å². The highest BCUT2D eigenvalue weighted by Gasteiger charge is 2.33. The summed E-state index contributed by atoms with van der Waals surface area (Å²) >= 11 is 0. The number of rotatable bonds is 5. The molecule has 23 heavy (non-hydrogen) atoms. The van der Waals surface area contributed by atoms with Crippen molar-refractivity contribution in [2.45, 2.75) is 38.5 Å². The standard InChI is InChI=1S/C17H20FN3O2/c1-2-21-9-8-19-17(21)16-14(7-10-23-16)20-15(22)11-12-5-3-4-6-13(12)18/h3-6,8-9,14,16H,2,7,10-11H2,1H3,(H,20,22)/t14-,16-/m0/s1. The van der Waals surface area contributed by atoms with Crippen LogP contribution in [0.1, 0.15) is 30.8 Å². The number of nitrogens with zero attached hydrogens (tertiary/aromatic N) is 2. The maximum Gasteiger partial charge on any atom is 0.224 e. The van der Waals surface area contributed by atoms with Crippen LogP contribution in [0.3, 0.4) is 0 Å². The Kier molecular flexibility index (Phi) is 4.71. The van der Waals surface area contributed by atoms with Crippen molar-refractivity contribution in [3.63, 3.8) is 0 Å². The van der Waals surface area contributed by atoms with Crippen LogP contribution in [-0.4, -0.2) is 28.1 Å². The van der Waals surface area contributed by atoms with Crippen molar-refractivity contribution in [1.29, 1.82) is 0 Å². The zero-order chi connectivity index (χ0) is 16.2. The van der Waals surface area contributed by atoms with E-state index in [0.29, 0.717) is 12.2 Å². The predicted molar refractivity (Wildman–Crippen MR) is 83.2 cm³/mol. The first-order valence-corrected chi connectivity index (χ1v) is 7.84. The number of hydrogen-bond acceptors (Lipinski definition) is 3.